The maximum atomic E-state index is 6.25. The molecule has 1 aromatic rings. The number of aryl methyl sites for hydroxylation is 2. The molecule has 1 rings (SSSR count). The molecule has 0 radical (unpaired) electrons. The van der Waals surface area contributed by atoms with Gasteiger partial charge in [-0.05, 0) is 20.3 Å². The number of unbranched alkanes of at least 4 members (excludes halogenated alkanes) is 4. The maximum absolute atomic E-state index is 6.25. The summed E-state index contributed by atoms with van der Waals surface area (Å²) >= 11 is 6.25. The second kappa shape index (κ2) is 6.95. The molecule has 1 aromatic heterocycles. The number of hydrogen-bond acceptors (Lipinski definition) is 2. The number of rotatable bonds is 7. The van der Waals surface area contributed by atoms with Crippen molar-refractivity contribution >= 4 is 11.6 Å². The minimum absolute atomic E-state index is 0.0611. The fourth-order valence-electron chi connectivity index (χ4n) is 1.68. The Morgan fingerprint density at radius 3 is 2.44 bits per heavy atom. The molecule has 0 fully saturated rings. The van der Waals surface area contributed by atoms with Crippen LogP contribution < -0.4 is 0 Å². The van der Waals surface area contributed by atoms with Crippen LogP contribution in [0.25, 0.3) is 0 Å². The van der Waals surface area contributed by atoms with Crippen molar-refractivity contribution in [3.8, 4) is 0 Å². The van der Waals surface area contributed by atoms with E-state index < -0.39 is 0 Å². The molecule has 0 spiro atoms. The summed E-state index contributed by atoms with van der Waals surface area (Å²) < 4.78 is 5.51. The molecule has 0 aliphatic carbocycles. The molecule has 0 aliphatic rings. The van der Waals surface area contributed by atoms with Gasteiger partial charge in [0.2, 0.25) is 5.89 Å². The molecule has 1 heterocycles. The number of alkyl halides is 1. The Bertz CT molecular complexity index is 289. The normalized spacial score (nSPS) is 13.0. The van der Waals surface area contributed by atoms with E-state index in [2.05, 4.69) is 11.9 Å². The van der Waals surface area contributed by atoms with Gasteiger partial charge in [0.05, 0.1) is 5.69 Å². The smallest absolute Gasteiger partial charge is 0.212 e. The quantitative estimate of drug-likeness (QED) is 0.501. The Labute approximate surface area is 103 Å². The van der Waals surface area contributed by atoms with Gasteiger partial charge in [0.1, 0.15) is 11.1 Å². The molecular weight excluding hydrogens is 222 g/mol. The molecule has 0 saturated heterocycles. The molecule has 0 amide bonds. The lowest BCUT2D eigenvalue weighted by atomic mass is 10.1. The standard InChI is InChI=1S/C13H22ClNO/c1-4-5-6-7-8-9-12(14)13-15-10(2)11(3)16-13/h12H,4-9H2,1-3H3. The van der Waals surface area contributed by atoms with Gasteiger partial charge < -0.3 is 4.42 Å². The van der Waals surface area contributed by atoms with E-state index in [1.54, 1.807) is 0 Å². The first-order valence-electron chi connectivity index (χ1n) is 6.23. The zero-order valence-corrected chi connectivity index (χ0v) is 11.3. The number of oxazole rings is 1. The van der Waals surface area contributed by atoms with Crippen LogP contribution in [0.5, 0.6) is 0 Å². The second-order valence-corrected chi connectivity index (χ2v) is 4.89. The zero-order valence-electron chi connectivity index (χ0n) is 10.6. The van der Waals surface area contributed by atoms with Crippen molar-refractivity contribution in [2.75, 3.05) is 0 Å². The Balaban J connectivity index is 2.27. The van der Waals surface area contributed by atoms with Crippen LogP contribution in [-0.2, 0) is 0 Å². The summed E-state index contributed by atoms with van der Waals surface area (Å²) in [5.41, 5.74) is 0.951. The summed E-state index contributed by atoms with van der Waals surface area (Å²) in [6, 6.07) is 0. The van der Waals surface area contributed by atoms with Crippen molar-refractivity contribution in [1.29, 1.82) is 0 Å². The number of halogens is 1. The summed E-state index contributed by atoms with van der Waals surface area (Å²) in [7, 11) is 0. The van der Waals surface area contributed by atoms with Gasteiger partial charge in [0.25, 0.3) is 0 Å². The molecule has 3 heteroatoms. The first-order chi connectivity index (χ1) is 7.65. The molecule has 1 atom stereocenters. The van der Waals surface area contributed by atoms with E-state index in [0.717, 1.165) is 24.3 Å². The van der Waals surface area contributed by atoms with Gasteiger partial charge in [-0.25, -0.2) is 4.98 Å². The van der Waals surface area contributed by atoms with Crippen molar-refractivity contribution in [2.45, 2.75) is 64.7 Å². The van der Waals surface area contributed by atoms with Crippen LogP contribution >= 0.6 is 11.6 Å². The van der Waals surface area contributed by atoms with E-state index in [0.29, 0.717) is 5.89 Å². The largest absolute Gasteiger partial charge is 0.444 e. The molecule has 0 bridgehead atoms. The highest BCUT2D eigenvalue weighted by Crippen LogP contribution is 2.27. The van der Waals surface area contributed by atoms with E-state index in [4.69, 9.17) is 16.0 Å². The molecule has 2 nitrogen and oxygen atoms in total. The van der Waals surface area contributed by atoms with E-state index >= 15 is 0 Å². The third kappa shape index (κ3) is 4.17. The van der Waals surface area contributed by atoms with Crippen molar-refractivity contribution in [3.63, 3.8) is 0 Å². The van der Waals surface area contributed by atoms with E-state index in [1.807, 2.05) is 13.8 Å². The number of aromatic nitrogens is 1. The Kier molecular flexibility index (Phi) is 5.89. The van der Waals surface area contributed by atoms with Crippen LogP contribution in [-0.4, -0.2) is 4.98 Å². The molecular formula is C13H22ClNO. The molecule has 0 saturated carbocycles. The minimum atomic E-state index is -0.0611. The average Bonchev–Trinajstić information content (AvgIpc) is 2.59. The lowest BCUT2D eigenvalue weighted by Crippen LogP contribution is -1.91. The van der Waals surface area contributed by atoms with Crippen molar-refractivity contribution in [3.05, 3.63) is 17.3 Å². The molecule has 0 N–H and O–H groups in total. The fourth-order valence-corrected chi connectivity index (χ4v) is 1.93. The monoisotopic (exact) mass is 243 g/mol. The molecule has 92 valence electrons. The number of nitrogens with zero attached hydrogens (tertiary/aromatic N) is 1. The topological polar surface area (TPSA) is 26.0 Å². The summed E-state index contributed by atoms with van der Waals surface area (Å²) in [6.45, 7) is 6.10. The highest BCUT2D eigenvalue weighted by molar-refractivity contribution is 6.20. The number of hydrogen-bond donors (Lipinski definition) is 0. The average molecular weight is 244 g/mol. The summed E-state index contributed by atoms with van der Waals surface area (Å²) in [4.78, 5) is 4.33. The lowest BCUT2D eigenvalue weighted by Gasteiger charge is -2.04. The predicted molar refractivity (Wildman–Crippen MR) is 67.9 cm³/mol. The van der Waals surface area contributed by atoms with Gasteiger partial charge in [0, 0.05) is 0 Å². The van der Waals surface area contributed by atoms with Gasteiger partial charge in [-0.1, -0.05) is 39.0 Å². The van der Waals surface area contributed by atoms with E-state index in [1.165, 1.54) is 25.7 Å². The van der Waals surface area contributed by atoms with Crippen LogP contribution in [0.3, 0.4) is 0 Å². The second-order valence-electron chi connectivity index (χ2n) is 4.36. The van der Waals surface area contributed by atoms with Crippen LogP contribution in [0.2, 0.25) is 0 Å². The van der Waals surface area contributed by atoms with Gasteiger partial charge in [-0.15, -0.1) is 11.6 Å². The van der Waals surface area contributed by atoms with Crippen LogP contribution in [0, 0.1) is 13.8 Å². The van der Waals surface area contributed by atoms with Crippen LogP contribution in [0.4, 0.5) is 0 Å². The SMILES string of the molecule is CCCCCCCC(Cl)c1nc(C)c(C)o1. The van der Waals surface area contributed by atoms with Crippen molar-refractivity contribution in [1.82, 2.24) is 4.98 Å². The van der Waals surface area contributed by atoms with Gasteiger partial charge in [-0.2, -0.15) is 0 Å². The highest BCUT2D eigenvalue weighted by atomic mass is 35.5. The first kappa shape index (κ1) is 13.6. The highest BCUT2D eigenvalue weighted by Gasteiger charge is 2.15. The predicted octanol–water partition coefficient (Wildman–Crippen LogP) is 4.93. The molecule has 0 aromatic carbocycles. The van der Waals surface area contributed by atoms with Crippen molar-refractivity contribution in [2.24, 2.45) is 0 Å². The minimum Gasteiger partial charge on any atom is -0.444 e. The first-order valence-corrected chi connectivity index (χ1v) is 6.66. The zero-order chi connectivity index (χ0) is 12.0. The van der Waals surface area contributed by atoms with Crippen LogP contribution in [0.1, 0.15) is 68.2 Å². The summed E-state index contributed by atoms with van der Waals surface area (Å²) in [5.74, 6) is 1.57. The van der Waals surface area contributed by atoms with E-state index in [-0.39, 0.29) is 5.38 Å². The van der Waals surface area contributed by atoms with E-state index in [9.17, 15) is 0 Å². The lowest BCUT2D eigenvalue weighted by molar-refractivity contribution is 0.450. The third-order valence-electron chi connectivity index (χ3n) is 2.87. The molecule has 0 aliphatic heterocycles. The Morgan fingerprint density at radius 1 is 1.19 bits per heavy atom. The van der Waals surface area contributed by atoms with Gasteiger partial charge >= 0.3 is 0 Å². The fraction of sp³-hybridized carbons (Fsp3) is 0.769. The third-order valence-corrected chi connectivity index (χ3v) is 3.28. The van der Waals surface area contributed by atoms with Gasteiger partial charge in [-0.3, -0.25) is 0 Å². The Hall–Kier alpha value is -0.500. The van der Waals surface area contributed by atoms with Crippen LogP contribution in [0.15, 0.2) is 4.42 Å². The molecule has 16 heavy (non-hydrogen) atoms. The maximum Gasteiger partial charge on any atom is 0.212 e. The Morgan fingerprint density at radius 2 is 1.88 bits per heavy atom. The molecule has 1 unspecified atom stereocenters. The summed E-state index contributed by atoms with van der Waals surface area (Å²) in [6.07, 6.45) is 7.30. The van der Waals surface area contributed by atoms with Gasteiger partial charge in [0.15, 0.2) is 0 Å². The summed E-state index contributed by atoms with van der Waals surface area (Å²) in [5, 5.41) is -0.0611. The van der Waals surface area contributed by atoms with Crippen molar-refractivity contribution < 1.29 is 4.42 Å².